The molecule has 1 N–H and O–H groups in total. The van der Waals surface area contributed by atoms with Gasteiger partial charge in [-0.05, 0) is 48.0 Å². The summed E-state index contributed by atoms with van der Waals surface area (Å²) in [6, 6.07) is 21.0. The van der Waals surface area contributed by atoms with Crippen molar-refractivity contribution in [1.82, 2.24) is 14.9 Å². The van der Waals surface area contributed by atoms with Crippen LogP contribution >= 0.6 is 0 Å². The summed E-state index contributed by atoms with van der Waals surface area (Å²) < 4.78 is 17.9. The van der Waals surface area contributed by atoms with Crippen LogP contribution in [-0.2, 0) is 17.9 Å². The van der Waals surface area contributed by atoms with Crippen molar-refractivity contribution in [3.63, 3.8) is 0 Å². The molecular formula is C25H25N3O4. The summed E-state index contributed by atoms with van der Waals surface area (Å²) in [5, 5.41) is 2.99. The highest BCUT2D eigenvalue weighted by atomic mass is 16.5. The number of ether oxygens (including phenoxy) is 3. The minimum atomic E-state index is -0.106. The van der Waals surface area contributed by atoms with E-state index >= 15 is 0 Å². The third-order valence-electron chi connectivity index (χ3n) is 5.25. The molecular weight excluding hydrogens is 406 g/mol. The Morgan fingerprint density at radius 3 is 2.38 bits per heavy atom. The van der Waals surface area contributed by atoms with Crippen LogP contribution in [0.2, 0.25) is 0 Å². The lowest BCUT2D eigenvalue weighted by atomic mass is 10.2. The molecule has 0 saturated heterocycles. The molecule has 3 aromatic carbocycles. The van der Waals surface area contributed by atoms with Gasteiger partial charge in [0.15, 0.2) is 11.5 Å². The third kappa shape index (κ3) is 4.37. The minimum Gasteiger partial charge on any atom is -0.497 e. The lowest BCUT2D eigenvalue weighted by Gasteiger charge is -2.12. The molecule has 164 valence electrons. The fourth-order valence-electron chi connectivity index (χ4n) is 3.57. The number of carbonyl (C=O) groups is 1. The number of benzene rings is 3. The Morgan fingerprint density at radius 1 is 0.906 bits per heavy atom. The van der Waals surface area contributed by atoms with Crippen LogP contribution < -0.4 is 19.5 Å². The van der Waals surface area contributed by atoms with Crippen LogP contribution in [0, 0.1) is 0 Å². The van der Waals surface area contributed by atoms with E-state index in [0.29, 0.717) is 23.9 Å². The number of para-hydroxylation sites is 2. The van der Waals surface area contributed by atoms with E-state index in [0.717, 1.165) is 27.9 Å². The molecule has 0 bridgehead atoms. The number of hydrogen-bond acceptors (Lipinski definition) is 5. The van der Waals surface area contributed by atoms with Crippen molar-refractivity contribution in [3.05, 3.63) is 72.3 Å². The molecule has 32 heavy (non-hydrogen) atoms. The van der Waals surface area contributed by atoms with E-state index in [1.165, 1.54) is 0 Å². The van der Waals surface area contributed by atoms with Crippen molar-refractivity contribution in [2.45, 2.75) is 13.1 Å². The highest BCUT2D eigenvalue weighted by Crippen LogP contribution is 2.33. The van der Waals surface area contributed by atoms with Crippen LogP contribution in [0.1, 0.15) is 5.56 Å². The number of aromatic nitrogens is 2. The second-order valence-electron chi connectivity index (χ2n) is 7.20. The van der Waals surface area contributed by atoms with Crippen molar-refractivity contribution in [3.8, 4) is 28.6 Å². The number of amides is 1. The molecule has 0 aliphatic heterocycles. The van der Waals surface area contributed by atoms with Crippen molar-refractivity contribution < 1.29 is 19.0 Å². The van der Waals surface area contributed by atoms with Crippen molar-refractivity contribution >= 4 is 16.9 Å². The first-order valence-corrected chi connectivity index (χ1v) is 10.2. The summed E-state index contributed by atoms with van der Waals surface area (Å²) in [5.41, 5.74) is 3.54. The summed E-state index contributed by atoms with van der Waals surface area (Å²) >= 11 is 0. The van der Waals surface area contributed by atoms with E-state index in [1.807, 2.05) is 71.3 Å². The molecule has 1 heterocycles. The van der Waals surface area contributed by atoms with E-state index in [4.69, 9.17) is 19.2 Å². The number of rotatable bonds is 8. The highest BCUT2D eigenvalue weighted by molar-refractivity contribution is 5.84. The molecule has 0 atom stereocenters. The summed E-state index contributed by atoms with van der Waals surface area (Å²) in [6.07, 6.45) is 0. The Labute approximate surface area is 186 Å². The summed E-state index contributed by atoms with van der Waals surface area (Å²) in [5.74, 6) is 2.60. The number of fused-ring (bicyclic) bond motifs is 1. The van der Waals surface area contributed by atoms with Crippen molar-refractivity contribution in [1.29, 1.82) is 0 Å². The predicted octanol–water partition coefficient (Wildman–Crippen LogP) is 4.05. The van der Waals surface area contributed by atoms with E-state index in [1.54, 1.807) is 21.3 Å². The van der Waals surface area contributed by atoms with Crippen molar-refractivity contribution in [2.24, 2.45) is 0 Å². The number of carbonyl (C=O) groups excluding carboxylic acids is 1. The first-order chi connectivity index (χ1) is 15.6. The van der Waals surface area contributed by atoms with Gasteiger partial charge in [-0.15, -0.1) is 0 Å². The van der Waals surface area contributed by atoms with Gasteiger partial charge in [0.1, 0.15) is 18.1 Å². The molecule has 7 heteroatoms. The topological polar surface area (TPSA) is 74.6 Å². The molecule has 0 aliphatic rings. The number of hydrogen-bond donors (Lipinski definition) is 1. The Bertz CT molecular complexity index is 1230. The Balaban J connectivity index is 1.61. The largest absolute Gasteiger partial charge is 0.497 e. The van der Waals surface area contributed by atoms with Gasteiger partial charge in [-0.2, -0.15) is 0 Å². The molecule has 7 nitrogen and oxygen atoms in total. The third-order valence-corrected chi connectivity index (χ3v) is 5.25. The summed E-state index contributed by atoms with van der Waals surface area (Å²) in [7, 11) is 4.82. The lowest BCUT2D eigenvalue weighted by molar-refractivity contribution is -0.121. The maximum atomic E-state index is 12.8. The number of nitrogens with zero attached hydrogens (tertiary/aromatic N) is 2. The highest BCUT2D eigenvalue weighted by Gasteiger charge is 2.17. The first kappa shape index (κ1) is 21.2. The van der Waals surface area contributed by atoms with Gasteiger partial charge in [0.2, 0.25) is 5.91 Å². The molecule has 4 rings (SSSR count). The van der Waals surface area contributed by atoms with E-state index in [2.05, 4.69) is 5.32 Å². The monoisotopic (exact) mass is 431 g/mol. The molecule has 1 amide bonds. The summed E-state index contributed by atoms with van der Waals surface area (Å²) in [6.45, 7) is 0.571. The van der Waals surface area contributed by atoms with Crippen LogP contribution in [0.4, 0.5) is 0 Å². The molecule has 0 radical (unpaired) electrons. The Morgan fingerprint density at radius 2 is 1.66 bits per heavy atom. The molecule has 0 unspecified atom stereocenters. The minimum absolute atomic E-state index is 0.106. The van der Waals surface area contributed by atoms with Crippen LogP contribution in [0.5, 0.6) is 17.2 Å². The van der Waals surface area contributed by atoms with Crippen LogP contribution in [0.15, 0.2) is 66.7 Å². The molecule has 0 aliphatic carbocycles. The van der Waals surface area contributed by atoms with Crippen molar-refractivity contribution in [2.75, 3.05) is 21.3 Å². The van der Waals surface area contributed by atoms with Crippen LogP contribution in [-0.4, -0.2) is 36.8 Å². The SMILES string of the molecule is COc1ccc(CNC(=O)Cn2c(-c3ccc(OC)c(OC)c3)nc3ccccc32)cc1. The van der Waals surface area contributed by atoms with E-state index in [9.17, 15) is 4.79 Å². The van der Waals surface area contributed by atoms with Gasteiger partial charge in [0, 0.05) is 12.1 Å². The smallest absolute Gasteiger partial charge is 0.240 e. The van der Waals surface area contributed by atoms with Gasteiger partial charge in [0.25, 0.3) is 0 Å². The molecule has 0 saturated carbocycles. The first-order valence-electron chi connectivity index (χ1n) is 10.2. The van der Waals surface area contributed by atoms with E-state index < -0.39 is 0 Å². The fourth-order valence-corrected chi connectivity index (χ4v) is 3.57. The number of nitrogens with one attached hydrogen (secondary N) is 1. The standard InChI is InChI=1S/C25H25N3O4/c1-30-19-11-8-17(9-12-19)15-26-24(29)16-28-21-7-5-4-6-20(21)27-25(28)18-10-13-22(31-2)23(14-18)32-3/h4-14H,15-16H2,1-3H3,(H,26,29). The Kier molecular flexibility index (Phi) is 6.26. The maximum absolute atomic E-state index is 12.8. The van der Waals surface area contributed by atoms with Gasteiger partial charge in [-0.1, -0.05) is 24.3 Å². The number of imidazole rings is 1. The zero-order chi connectivity index (χ0) is 22.5. The van der Waals surface area contributed by atoms with Crippen LogP contribution in [0.3, 0.4) is 0 Å². The van der Waals surface area contributed by atoms with Gasteiger partial charge in [-0.25, -0.2) is 4.98 Å². The second kappa shape index (κ2) is 9.43. The average molecular weight is 431 g/mol. The molecule has 0 spiro atoms. The zero-order valence-electron chi connectivity index (χ0n) is 18.3. The molecule has 1 aromatic heterocycles. The normalized spacial score (nSPS) is 10.7. The predicted molar refractivity (Wildman–Crippen MR) is 123 cm³/mol. The van der Waals surface area contributed by atoms with Gasteiger partial charge < -0.3 is 24.1 Å². The molecule has 0 fully saturated rings. The van der Waals surface area contributed by atoms with Gasteiger partial charge in [0.05, 0.1) is 32.4 Å². The van der Waals surface area contributed by atoms with Crippen LogP contribution in [0.25, 0.3) is 22.4 Å². The number of methoxy groups -OCH3 is 3. The Hall–Kier alpha value is -4.00. The quantitative estimate of drug-likeness (QED) is 0.456. The average Bonchev–Trinajstić information content (AvgIpc) is 3.20. The van der Waals surface area contributed by atoms with E-state index in [-0.39, 0.29) is 12.5 Å². The van der Waals surface area contributed by atoms with Gasteiger partial charge in [-0.3, -0.25) is 4.79 Å². The fraction of sp³-hybridized carbons (Fsp3) is 0.200. The second-order valence-corrected chi connectivity index (χ2v) is 7.20. The van der Waals surface area contributed by atoms with Gasteiger partial charge >= 0.3 is 0 Å². The molecule has 4 aromatic rings. The zero-order valence-corrected chi connectivity index (χ0v) is 18.3. The summed E-state index contributed by atoms with van der Waals surface area (Å²) in [4.78, 5) is 17.6. The maximum Gasteiger partial charge on any atom is 0.240 e. The lowest BCUT2D eigenvalue weighted by Crippen LogP contribution is -2.27.